The number of benzene rings is 3. The van der Waals surface area contributed by atoms with Crippen LogP contribution in [0.15, 0.2) is 107 Å². The molecule has 4 aromatic rings. The minimum atomic E-state index is -1.69. The summed E-state index contributed by atoms with van der Waals surface area (Å²) in [4.78, 5) is 82.9. The molecule has 13 nitrogen and oxygen atoms in total. The molecule has 1 saturated heterocycles. The molecule has 2 heterocycles. The molecule has 4 atom stereocenters. The van der Waals surface area contributed by atoms with E-state index in [-0.39, 0.29) is 34.6 Å². The fraction of sp³-hybridized carbons (Fsp3) is 0.333. The van der Waals surface area contributed by atoms with Crippen molar-refractivity contribution in [1.82, 2.24) is 9.55 Å². The number of rotatable bonds is 17. The predicted molar refractivity (Wildman–Crippen MR) is 201 cm³/mol. The Morgan fingerprint density at radius 3 is 1.82 bits per heavy atom. The molecule has 5 rings (SSSR count). The first kappa shape index (κ1) is 40.1. The first-order chi connectivity index (χ1) is 26.7. The zero-order valence-electron chi connectivity index (χ0n) is 30.7. The largest absolute Gasteiger partial charge is 0.463 e. The quantitative estimate of drug-likeness (QED) is 0.0584. The van der Waals surface area contributed by atoms with Gasteiger partial charge in [-0.2, -0.15) is 0 Å². The Kier molecular flexibility index (Phi) is 14.5. The predicted octanol–water partition coefficient (Wildman–Crippen LogP) is 5.97. The van der Waals surface area contributed by atoms with E-state index in [9.17, 15) is 28.8 Å². The first-order valence-corrected chi connectivity index (χ1v) is 18.3. The van der Waals surface area contributed by atoms with Gasteiger partial charge in [0.05, 0.1) is 28.9 Å². The van der Waals surface area contributed by atoms with E-state index in [0.717, 1.165) is 38.2 Å². The zero-order valence-corrected chi connectivity index (χ0v) is 30.7. The van der Waals surface area contributed by atoms with Crippen molar-refractivity contribution < 1.29 is 42.9 Å². The monoisotopic (exact) mass is 752 g/mol. The number of carbonyl (C=O) groups excluding carboxylic acids is 4. The number of ether oxygens (including phenoxy) is 5. The Balaban J connectivity index is 1.48. The Labute approximate surface area is 317 Å². The normalized spacial score (nSPS) is 17.8. The standard InChI is InChI=1S/C42H44N2O11/c1-3-4-5-6-7-17-26-51-34(45)25-24-32-28(2)43-42(50)44(37(32)46)38-36(55-41(49)31-22-15-10-16-23-31)35(54-40(48)30-20-13-9-14-21-30)33(53-38)27-52-39(47)29-18-11-8-12-19-29/h8-16,18-25,33,35-36,38H,3-7,17,26-27H2,1-2H3,(H,43,50)/b25-24+/t33-,35-,36-,38-/m1/s1. The third-order valence-electron chi connectivity index (χ3n) is 8.93. The van der Waals surface area contributed by atoms with Crippen molar-refractivity contribution in [3.05, 3.63) is 146 Å². The van der Waals surface area contributed by atoms with Crippen molar-refractivity contribution in [2.24, 2.45) is 0 Å². The second-order valence-corrected chi connectivity index (χ2v) is 12.9. The summed E-state index contributed by atoms with van der Waals surface area (Å²) in [6, 6.07) is 24.0. The van der Waals surface area contributed by atoms with Gasteiger partial charge in [0.25, 0.3) is 5.56 Å². The van der Waals surface area contributed by atoms with Crippen LogP contribution in [0.1, 0.15) is 94.0 Å². The highest BCUT2D eigenvalue weighted by Gasteiger charge is 2.52. The van der Waals surface area contributed by atoms with E-state index < -0.39 is 66.3 Å². The van der Waals surface area contributed by atoms with Crippen LogP contribution in [0.5, 0.6) is 0 Å². The summed E-state index contributed by atoms with van der Waals surface area (Å²) in [7, 11) is 0. The molecule has 0 unspecified atom stereocenters. The van der Waals surface area contributed by atoms with E-state index in [1.807, 2.05) is 0 Å². The van der Waals surface area contributed by atoms with Crippen molar-refractivity contribution in [3.63, 3.8) is 0 Å². The first-order valence-electron chi connectivity index (χ1n) is 18.3. The number of aromatic amines is 1. The Hall–Kier alpha value is -6.08. The molecule has 0 radical (unpaired) electrons. The van der Waals surface area contributed by atoms with Crippen LogP contribution >= 0.6 is 0 Å². The molecule has 1 aliphatic heterocycles. The highest BCUT2D eigenvalue weighted by molar-refractivity contribution is 5.91. The number of aromatic nitrogens is 2. The summed E-state index contributed by atoms with van der Waals surface area (Å²) >= 11 is 0. The highest BCUT2D eigenvalue weighted by Crippen LogP contribution is 2.34. The van der Waals surface area contributed by atoms with E-state index >= 15 is 0 Å². The molecule has 0 aliphatic carbocycles. The molecule has 0 amide bonds. The fourth-order valence-electron chi connectivity index (χ4n) is 6.02. The molecule has 0 bridgehead atoms. The topological polar surface area (TPSA) is 169 Å². The Morgan fingerprint density at radius 1 is 0.709 bits per heavy atom. The van der Waals surface area contributed by atoms with Gasteiger partial charge >= 0.3 is 29.6 Å². The van der Waals surface area contributed by atoms with E-state index in [1.54, 1.807) is 66.7 Å². The van der Waals surface area contributed by atoms with Crippen molar-refractivity contribution in [1.29, 1.82) is 0 Å². The lowest BCUT2D eigenvalue weighted by molar-refractivity contribution is -0.137. The number of hydrogen-bond acceptors (Lipinski definition) is 11. The molecule has 55 heavy (non-hydrogen) atoms. The van der Waals surface area contributed by atoms with Gasteiger partial charge in [-0.15, -0.1) is 0 Å². The molecular weight excluding hydrogens is 708 g/mol. The summed E-state index contributed by atoms with van der Waals surface area (Å²) in [6.07, 6.45) is 2.27. The lowest BCUT2D eigenvalue weighted by atomic mass is 10.1. The molecule has 0 saturated carbocycles. The third kappa shape index (κ3) is 10.8. The van der Waals surface area contributed by atoms with E-state index in [0.29, 0.717) is 11.0 Å². The van der Waals surface area contributed by atoms with Gasteiger partial charge in [0.1, 0.15) is 12.7 Å². The van der Waals surface area contributed by atoms with E-state index in [1.165, 1.54) is 37.3 Å². The zero-order chi connectivity index (χ0) is 39.2. The van der Waals surface area contributed by atoms with Crippen molar-refractivity contribution in [2.45, 2.75) is 76.9 Å². The number of carbonyl (C=O) groups is 4. The fourth-order valence-corrected chi connectivity index (χ4v) is 6.02. The van der Waals surface area contributed by atoms with Crippen LogP contribution in [0.4, 0.5) is 0 Å². The number of nitrogens with one attached hydrogen (secondary N) is 1. The van der Waals surface area contributed by atoms with Gasteiger partial charge in [-0.05, 0) is 55.8 Å². The van der Waals surface area contributed by atoms with Gasteiger partial charge in [0.2, 0.25) is 0 Å². The molecule has 1 aliphatic rings. The molecule has 1 N–H and O–H groups in total. The summed E-state index contributed by atoms with van der Waals surface area (Å²) in [5.74, 6) is -3.10. The maximum atomic E-state index is 14.1. The number of H-pyrrole nitrogens is 1. The minimum absolute atomic E-state index is 0.0790. The number of nitrogens with zero attached hydrogens (tertiary/aromatic N) is 1. The number of esters is 4. The number of hydrogen-bond donors (Lipinski definition) is 1. The van der Waals surface area contributed by atoms with Crippen molar-refractivity contribution in [3.8, 4) is 0 Å². The molecule has 1 fully saturated rings. The molecular formula is C42H44N2O11. The summed E-state index contributed by atoms with van der Waals surface area (Å²) in [5.41, 5.74) is -1.27. The SMILES string of the molecule is CCCCCCCCOC(=O)/C=C/c1c(C)[nH]c(=O)n([C@@H]2O[C@H](COC(=O)c3ccccc3)[C@@H](OC(=O)c3ccccc3)[C@H]2OC(=O)c2ccccc2)c1=O. The molecule has 3 aromatic carbocycles. The van der Waals surface area contributed by atoms with Gasteiger partial charge < -0.3 is 28.7 Å². The van der Waals surface area contributed by atoms with Crippen LogP contribution in [0.25, 0.3) is 6.08 Å². The Bertz CT molecular complexity index is 2060. The van der Waals surface area contributed by atoms with Crippen molar-refractivity contribution >= 4 is 30.0 Å². The van der Waals surface area contributed by atoms with Gasteiger partial charge in [0, 0.05) is 11.8 Å². The maximum absolute atomic E-state index is 14.1. The summed E-state index contributed by atoms with van der Waals surface area (Å²) in [5, 5.41) is 0. The summed E-state index contributed by atoms with van der Waals surface area (Å²) in [6.45, 7) is 3.31. The van der Waals surface area contributed by atoms with Gasteiger partial charge in [-0.3, -0.25) is 4.79 Å². The maximum Gasteiger partial charge on any atom is 0.338 e. The van der Waals surface area contributed by atoms with Crippen LogP contribution in [0, 0.1) is 6.92 Å². The smallest absolute Gasteiger partial charge is 0.338 e. The molecule has 1 aromatic heterocycles. The average molecular weight is 753 g/mol. The number of aryl methyl sites for hydroxylation is 1. The second-order valence-electron chi connectivity index (χ2n) is 12.9. The average Bonchev–Trinajstić information content (AvgIpc) is 3.52. The second kappa shape index (κ2) is 19.8. The van der Waals surface area contributed by atoms with Gasteiger partial charge in [0.15, 0.2) is 18.4 Å². The minimum Gasteiger partial charge on any atom is -0.463 e. The van der Waals surface area contributed by atoms with Crippen molar-refractivity contribution in [2.75, 3.05) is 13.2 Å². The lowest BCUT2D eigenvalue weighted by Crippen LogP contribution is -2.46. The molecule has 0 spiro atoms. The third-order valence-corrected chi connectivity index (χ3v) is 8.93. The molecule has 288 valence electrons. The number of unbranched alkanes of at least 4 members (excludes halogenated alkanes) is 5. The van der Waals surface area contributed by atoms with Crippen LogP contribution < -0.4 is 11.2 Å². The van der Waals surface area contributed by atoms with Crippen LogP contribution in [0.2, 0.25) is 0 Å². The van der Waals surface area contributed by atoms with Gasteiger partial charge in [-0.25, -0.2) is 28.5 Å². The van der Waals surface area contributed by atoms with Crippen LogP contribution in [-0.4, -0.2) is 65.0 Å². The van der Waals surface area contributed by atoms with Crippen LogP contribution in [-0.2, 0) is 28.5 Å². The highest BCUT2D eigenvalue weighted by atomic mass is 16.7. The van der Waals surface area contributed by atoms with E-state index in [4.69, 9.17) is 23.7 Å². The Morgan fingerprint density at radius 2 is 1.24 bits per heavy atom. The molecule has 13 heteroatoms. The van der Waals surface area contributed by atoms with Gasteiger partial charge in [-0.1, -0.05) is 93.6 Å². The van der Waals surface area contributed by atoms with E-state index in [2.05, 4.69) is 11.9 Å². The van der Waals surface area contributed by atoms with Crippen LogP contribution in [0.3, 0.4) is 0 Å². The summed E-state index contributed by atoms with van der Waals surface area (Å²) < 4.78 is 29.6. The lowest BCUT2D eigenvalue weighted by Gasteiger charge is -2.25.